The van der Waals surface area contributed by atoms with Gasteiger partial charge in [0.1, 0.15) is 0 Å². The minimum atomic E-state index is -0.287. The molecule has 1 amide bonds. The van der Waals surface area contributed by atoms with Crippen LogP contribution in [0.3, 0.4) is 0 Å². The molecule has 1 aromatic rings. The van der Waals surface area contributed by atoms with E-state index in [1.165, 1.54) is 24.0 Å². The van der Waals surface area contributed by atoms with Crippen LogP contribution < -0.4 is 11.1 Å². The Labute approximate surface area is 122 Å². The largest absolute Gasteiger partial charge is 0.368 e. The Morgan fingerprint density at radius 3 is 2.25 bits per heavy atom. The van der Waals surface area contributed by atoms with Crippen LogP contribution in [-0.4, -0.2) is 11.9 Å². The number of rotatable bonds is 8. The Morgan fingerprint density at radius 2 is 1.80 bits per heavy atom. The normalized spacial score (nSPS) is 14.2. The van der Waals surface area contributed by atoms with Crippen molar-refractivity contribution in [3.05, 3.63) is 35.4 Å². The number of carbonyl (C=O) groups excluding carboxylic acids is 1. The lowest BCUT2D eigenvalue weighted by Gasteiger charge is -2.24. The Hall–Kier alpha value is -1.35. The van der Waals surface area contributed by atoms with E-state index in [-0.39, 0.29) is 23.9 Å². The summed E-state index contributed by atoms with van der Waals surface area (Å²) in [5, 5.41) is 3.32. The number of benzene rings is 1. The number of aryl methyl sites for hydroxylation is 1. The zero-order chi connectivity index (χ0) is 15.1. The molecule has 0 bridgehead atoms. The maximum atomic E-state index is 11.4. The van der Waals surface area contributed by atoms with E-state index in [0.717, 1.165) is 6.42 Å². The molecule has 3 nitrogen and oxygen atoms in total. The van der Waals surface area contributed by atoms with Crippen LogP contribution in [0.1, 0.15) is 57.7 Å². The molecule has 0 aromatic heterocycles. The molecule has 0 radical (unpaired) electrons. The van der Waals surface area contributed by atoms with Crippen LogP contribution in [-0.2, 0) is 11.2 Å². The van der Waals surface area contributed by atoms with E-state index < -0.39 is 0 Å². The molecular weight excluding hydrogens is 248 g/mol. The van der Waals surface area contributed by atoms with E-state index in [9.17, 15) is 4.79 Å². The maximum absolute atomic E-state index is 11.4. The van der Waals surface area contributed by atoms with Gasteiger partial charge in [-0.3, -0.25) is 10.1 Å². The zero-order valence-electron chi connectivity index (χ0n) is 13.1. The van der Waals surface area contributed by atoms with E-state index in [1.54, 1.807) is 0 Å². The first kappa shape index (κ1) is 16.7. The topological polar surface area (TPSA) is 55.1 Å². The van der Waals surface area contributed by atoms with Crippen molar-refractivity contribution in [2.24, 2.45) is 11.7 Å². The molecule has 1 rings (SSSR count). The minimum Gasteiger partial charge on any atom is -0.368 e. The van der Waals surface area contributed by atoms with Gasteiger partial charge in [-0.15, -0.1) is 0 Å². The van der Waals surface area contributed by atoms with Gasteiger partial charge in [-0.2, -0.15) is 0 Å². The van der Waals surface area contributed by atoms with Gasteiger partial charge in [0, 0.05) is 6.04 Å². The molecule has 0 saturated carbocycles. The Bertz CT molecular complexity index is 412. The summed E-state index contributed by atoms with van der Waals surface area (Å²) in [5.74, 6) is -0.0924. The highest BCUT2D eigenvalue weighted by Gasteiger charge is 2.21. The van der Waals surface area contributed by atoms with Crippen molar-refractivity contribution >= 4 is 5.91 Å². The van der Waals surface area contributed by atoms with Crippen molar-refractivity contribution in [3.8, 4) is 0 Å². The second-order valence-electron chi connectivity index (χ2n) is 5.86. The van der Waals surface area contributed by atoms with Crippen LogP contribution in [0.25, 0.3) is 0 Å². The third kappa shape index (κ3) is 4.97. The van der Waals surface area contributed by atoms with Gasteiger partial charge in [-0.25, -0.2) is 0 Å². The predicted molar refractivity (Wildman–Crippen MR) is 84.4 cm³/mol. The molecule has 3 heteroatoms. The molecule has 2 atom stereocenters. The van der Waals surface area contributed by atoms with Crippen LogP contribution in [0.2, 0.25) is 0 Å². The number of hydrogen-bond acceptors (Lipinski definition) is 2. The van der Waals surface area contributed by atoms with E-state index in [2.05, 4.69) is 43.4 Å². The van der Waals surface area contributed by atoms with Crippen molar-refractivity contribution in [2.75, 3.05) is 0 Å². The number of nitrogens with two attached hydrogens (primary N) is 1. The molecule has 0 aliphatic heterocycles. The summed E-state index contributed by atoms with van der Waals surface area (Å²) in [6, 6.07) is 8.47. The third-order valence-electron chi connectivity index (χ3n) is 3.70. The highest BCUT2D eigenvalue weighted by molar-refractivity contribution is 5.80. The van der Waals surface area contributed by atoms with Crippen LogP contribution in [0, 0.1) is 5.92 Å². The predicted octanol–water partition coefficient (Wildman–Crippen LogP) is 3.19. The summed E-state index contributed by atoms with van der Waals surface area (Å²) in [7, 11) is 0. The molecular formula is C17H28N2O. The first-order valence-corrected chi connectivity index (χ1v) is 7.59. The van der Waals surface area contributed by atoms with Gasteiger partial charge >= 0.3 is 0 Å². The second kappa shape index (κ2) is 8.05. The summed E-state index contributed by atoms with van der Waals surface area (Å²) in [4.78, 5) is 11.4. The summed E-state index contributed by atoms with van der Waals surface area (Å²) in [6.07, 6.45) is 3.58. The monoisotopic (exact) mass is 276 g/mol. The zero-order valence-corrected chi connectivity index (χ0v) is 13.1. The van der Waals surface area contributed by atoms with Crippen molar-refractivity contribution in [1.29, 1.82) is 0 Å². The summed E-state index contributed by atoms with van der Waals surface area (Å²) in [6.45, 7) is 8.28. The lowest BCUT2D eigenvalue weighted by atomic mass is 9.99. The quantitative estimate of drug-likeness (QED) is 0.766. The number of nitrogens with one attached hydrogen (secondary N) is 1. The van der Waals surface area contributed by atoms with Gasteiger partial charge in [0.2, 0.25) is 5.91 Å². The molecule has 2 unspecified atom stereocenters. The molecule has 0 saturated heterocycles. The summed E-state index contributed by atoms with van der Waals surface area (Å²) in [5.41, 5.74) is 8.01. The standard InChI is InChI=1S/C17H28N2O/c1-5-6-7-14-8-10-15(11-9-14)13(4)19-16(12(2)3)17(18)20/h8-13,16,19H,5-7H2,1-4H3,(H2,18,20). The Morgan fingerprint density at radius 1 is 1.20 bits per heavy atom. The van der Waals surface area contributed by atoms with Gasteiger partial charge in [0.15, 0.2) is 0 Å². The fourth-order valence-corrected chi connectivity index (χ4v) is 2.32. The average molecular weight is 276 g/mol. The maximum Gasteiger partial charge on any atom is 0.234 e. The van der Waals surface area contributed by atoms with Crippen molar-refractivity contribution in [3.63, 3.8) is 0 Å². The van der Waals surface area contributed by atoms with Gasteiger partial charge in [-0.1, -0.05) is 51.5 Å². The van der Waals surface area contributed by atoms with Crippen LogP contribution >= 0.6 is 0 Å². The fourth-order valence-electron chi connectivity index (χ4n) is 2.32. The number of amides is 1. The lowest BCUT2D eigenvalue weighted by Crippen LogP contribution is -2.45. The van der Waals surface area contributed by atoms with Gasteiger partial charge in [0.25, 0.3) is 0 Å². The van der Waals surface area contributed by atoms with Crippen molar-refractivity contribution < 1.29 is 4.79 Å². The molecule has 3 N–H and O–H groups in total. The van der Waals surface area contributed by atoms with Crippen LogP contribution in [0.5, 0.6) is 0 Å². The smallest absolute Gasteiger partial charge is 0.234 e. The molecule has 0 aliphatic carbocycles. The molecule has 112 valence electrons. The highest BCUT2D eigenvalue weighted by Crippen LogP contribution is 2.17. The first-order valence-electron chi connectivity index (χ1n) is 7.59. The van der Waals surface area contributed by atoms with E-state index >= 15 is 0 Å². The molecule has 1 aromatic carbocycles. The molecule has 0 spiro atoms. The molecule has 0 aliphatic rings. The van der Waals surface area contributed by atoms with Crippen LogP contribution in [0.15, 0.2) is 24.3 Å². The Kier molecular flexibility index (Phi) is 6.73. The summed E-state index contributed by atoms with van der Waals surface area (Å²) >= 11 is 0. The van der Waals surface area contributed by atoms with E-state index in [1.807, 2.05) is 13.8 Å². The fraction of sp³-hybridized carbons (Fsp3) is 0.588. The minimum absolute atomic E-state index is 0.120. The number of hydrogen-bond donors (Lipinski definition) is 2. The third-order valence-corrected chi connectivity index (χ3v) is 3.70. The summed E-state index contributed by atoms with van der Waals surface area (Å²) < 4.78 is 0. The first-order chi connectivity index (χ1) is 9.45. The average Bonchev–Trinajstić information content (AvgIpc) is 2.42. The van der Waals surface area contributed by atoms with Crippen molar-refractivity contribution in [1.82, 2.24) is 5.32 Å². The molecule has 20 heavy (non-hydrogen) atoms. The lowest BCUT2D eigenvalue weighted by molar-refractivity contribution is -0.121. The van der Waals surface area contributed by atoms with Crippen LogP contribution in [0.4, 0.5) is 0 Å². The number of unbranched alkanes of at least 4 members (excludes halogenated alkanes) is 1. The highest BCUT2D eigenvalue weighted by atomic mass is 16.1. The molecule has 0 fully saturated rings. The Balaban J connectivity index is 2.67. The number of carbonyl (C=O) groups is 1. The van der Waals surface area contributed by atoms with Gasteiger partial charge in [0.05, 0.1) is 6.04 Å². The number of primary amides is 1. The molecule has 0 heterocycles. The van der Waals surface area contributed by atoms with E-state index in [0.29, 0.717) is 0 Å². The van der Waals surface area contributed by atoms with Gasteiger partial charge in [-0.05, 0) is 36.8 Å². The SMILES string of the molecule is CCCCc1ccc(C(C)NC(C(N)=O)C(C)C)cc1. The van der Waals surface area contributed by atoms with E-state index in [4.69, 9.17) is 5.73 Å². The van der Waals surface area contributed by atoms with Gasteiger partial charge < -0.3 is 5.73 Å². The second-order valence-corrected chi connectivity index (χ2v) is 5.86. The van der Waals surface area contributed by atoms with Crippen molar-refractivity contribution in [2.45, 2.75) is 59.0 Å².